The molecule has 100 valence electrons. The van der Waals surface area contributed by atoms with Gasteiger partial charge in [-0.05, 0) is 37.5 Å². The van der Waals surface area contributed by atoms with Gasteiger partial charge in [0, 0.05) is 19.1 Å². The summed E-state index contributed by atoms with van der Waals surface area (Å²) in [5.74, 6) is 0. The van der Waals surface area contributed by atoms with Crippen molar-refractivity contribution in [1.82, 2.24) is 0 Å². The first-order valence-electron chi connectivity index (χ1n) is 6.87. The van der Waals surface area contributed by atoms with Gasteiger partial charge in [0.25, 0.3) is 0 Å². The summed E-state index contributed by atoms with van der Waals surface area (Å²) in [5.41, 5.74) is 8.11. The lowest BCUT2D eigenvalue weighted by atomic mass is 9.94. The van der Waals surface area contributed by atoms with Crippen LogP contribution < -0.4 is 10.6 Å². The van der Waals surface area contributed by atoms with Gasteiger partial charge >= 0.3 is 0 Å². The van der Waals surface area contributed by atoms with Crippen LogP contribution in [0.3, 0.4) is 0 Å². The molecule has 2 nitrogen and oxygen atoms in total. The zero-order valence-electron chi connectivity index (χ0n) is 11.3. The largest absolute Gasteiger partial charge is 0.370 e. The Kier molecular flexibility index (Phi) is 4.52. The number of hydrogen-bond donors (Lipinski definition) is 1. The number of anilines is 1. The minimum absolute atomic E-state index is 0.0385. The Labute approximate surface area is 115 Å². The molecule has 0 aliphatic heterocycles. The minimum Gasteiger partial charge on any atom is -0.370 e. The van der Waals surface area contributed by atoms with Gasteiger partial charge in [-0.15, -0.1) is 0 Å². The van der Waals surface area contributed by atoms with Crippen molar-refractivity contribution >= 4 is 17.3 Å². The Morgan fingerprint density at radius 1 is 1.28 bits per heavy atom. The minimum atomic E-state index is 0.0385. The van der Waals surface area contributed by atoms with Gasteiger partial charge < -0.3 is 10.6 Å². The zero-order valence-corrected chi connectivity index (χ0v) is 12.1. The Balaban J connectivity index is 2.16. The van der Waals surface area contributed by atoms with E-state index in [1.165, 1.54) is 32.1 Å². The molecule has 1 aromatic rings. The van der Waals surface area contributed by atoms with Gasteiger partial charge in [-0.25, -0.2) is 0 Å². The number of nitrogens with two attached hydrogens (primary N) is 1. The van der Waals surface area contributed by atoms with Gasteiger partial charge in [0.15, 0.2) is 0 Å². The summed E-state index contributed by atoms with van der Waals surface area (Å²) in [7, 11) is 2.16. The first-order valence-corrected chi connectivity index (χ1v) is 7.25. The van der Waals surface area contributed by atoms with Crippen LogP contribution in [0.4, 0.5) is 5.69 Å². The average molecular weight is 267 g/mol. The molecular weight excluding hydrogens is 244 g/mol. The molecule has 0 amide bonds. The first kappa shape index (κ1) is 13.7. The fourth-order valence-corrected chi connectivity index (χ4v) is 3.08. The Morgan fingerprint density at radius 3 is 2.50 bits per heavy atom. The van der Waals surface area contributed by atoms with Crippen LogP contribution in [0.25, 0.3) is 0 Å². The highest BCUT2D eigenvalue weighted by atomic mass is 35.5. The molecule has 3 heteroatoms. The number of hydrogen-bond acceptors (Lipinski definition) is 2. The van der Waals surface area contributed by atoms with E-state index in [1.807, 2.05) is 13.0 Å². The van der Waals surface area contributed by atoms with E-state index < -0.39 is 0 Å². The first-order chi connectivity index (χ1) is 8.59. The zero-order chi connectivity index (χ0) is 13.1. The van der Waals surface area contributed by atoms with E-state index in [0.717, 1.165) is 16.3 Å². The highest BCUT2D eigenvalue weighted by Gasteiger charge is 2.20. The summed E-state index contributed by atoms with van der Waals surface area (Å²) >= 11 is 6.39. The van der Waals surface area contributed by atoms with Crippen LogP contribution in [0.1, 0.15) is 50.6 Å². The molecule has 18 heavy (non-hydrogen) atoms. The molecule has 0 bridgehead atoms. The standard InChI is InChI=1S/C15H23ClN2/c1-11(17)12-8-9-15(14(16)10-12)18(2)13-6-4-3-5-7-13/h8-11,13H,3-7,17H2,1-2H3/t11-/m1/s1. The van der Waals surface area contributed by atoms with Crippen molar-refractivity contribution in [2.24, 2.45) is 5.73 Å². The number of halogens is 1. The maximum Gasteiger partial charge on any atom is 0.0642 e. The van der Waals surface area contributed by atoms with E-state index in [-0.39, 0.29) is 6.04 Å². The predicted molar refractivity (Wildman–Crippen MR) is 79.3 cm³/mol. The molecule has 0 spiro atoms. The van der Waals surface area contributed by atoms with Crippen LogP contribution in [-0.4, -0.2) is 13.1 Å². The highest BCUT2D eigenvalue weighted by Crippen LogP contribution is 2.32. The normalized spacial score (nSPS) is 18.7. The highest BCUT2D eigenvalue weighted by molar-refractivity contribution is 6.33. The lowest BCUT2D eigenvalue weighted by molar-refractivity contribution is 0.427. The van der Waals surface area contributed by atoms with Crippen molar-refractivity contribution in [3.8, 4) is 0 Å². The van der Waals surface area contributed by atoms with Gasteiger partial charge in [0.2, 0.25) is 0 Å². The summed E-state index contributed by atoms with van der Waals surface area (Å²) in [6.07, 6.45) is 6.61. The molecule has 2 N–H and O–H groups in total. The monoisotopic (exact) mass is 266 g/mol. The number of rotatable bonds is 3. The molecule has 0 saturated heterocycles. The third-order valence-corrected chi connectivity index (χ3v) is 4.30. The van der Waals surface area contributed by atoms with E-state index >= 15 is 0 Å². The van der Waals surface area contributed by atoms with Crippen molar-refractivity contribution in [3.05, 3.63) is 28.8 Å². The van der Waals surface area contributed by atoms with Crippen LogP contribution >= 0.6 is 11.6 Å². The number of benzene rings is 1. The molecule has 1 atom stereocenters. The van der Waals surface area contributed by atoms with E-state index in [1.54, 1.807) is 0 Å². The fourth-order valence-electron chi connectivity index (χ4n) is 2.76. The second-order valence-electron chi connectivity index (χ2n) is 5.40. The summed E-state index contributed by atoms with van der Waals surface area (Å²) in [4.78, 5) is 2.34. The van der Waals surface area contributed by atoms with Crippen molar-refractivity contribution < 1.29 is 0 Å². The SMILES string of the molecule is C[C@@H](N)c1ccc(N(C)C2CCCCC2)c(Cl)c1. The molecule has 0 radical (unpaired) electrons. The van der Waals surface area contributed by atoms with Gasteiger partial charge in [0.1, 0.15) is 0 Å². The third kappa shape index (κ3) is 2.99. The van der Waals surface area contributed by atoms with Crippen molar-refractivity contribution in [2.75, 3.05) is 11.9 Å². The summed E-state index contributed by atoms with van der Waals surface area (Å²) in [6.45, 7) is 1.98. The van der Waals surface area contributed by atoms with Crippen molar-refractivity contribution in [3.63, 3.8) is 0 Å². The molecule has 1 saturated carbocycles. The summed E-state index contributed by atoms with van der Waals surface area (Å²) in [5, 5.41) is 0.817. The Morgan fingerprint density at radius 2 is 1.94 bits per heavy atom. The van der Waals surface area contributed by atoms with Crippen LogP contribution in [0.15, 0.2) is 18.2 Å². The van der Waals surface area contributed by atoms with Gasteiger partial charge in [-0.2, -0.15) is 0 Å². The third-order valence-electron chi connectivity index (χ3n) is 4.00. The smallest absolute Gasteiger partial charge is 0.0642 e. The van der Waals surface area contributed by atoms with E-state index in [9.17, 15) is 0 Å². The van der Waals surface area contributed by atoms with Crippen LogP contribution in [-0.2, 0) is 0 Å². The second kappa shape index (κ2) is 5.94. The van der Waals surface area contributed by atoms with Gasteiger partial charge in [-0.1, -0.05) is 36.9 Å². The molecule has 2 rings (SSSR count). The van der Waals surface area contributed by atoms with E-state index in [0.29, 0.717) is 6.04 Å². The van der Waals surface area contributed by atoms with Crippen LogP contribution in [0.2, 0.25) is 5.02 Å². The van der Waals surface area contributed by atoms with Crippen LogP contribution in [0.5, 0.6) is 0 Å². The summed E-state index contributed by atoms with van der Waals surface area (Å²) in [6, 6.07) is 6.87. The molecule has 0 heterocycles. The Hall–Kier alpha value is -0.730. The maximum atomic E-state index is 6.39. The second-order valence-corrected chi connectivity index (χ2v) is 5.81. The Bertz CT molecular complexity index is 397. The van der Waals surface area contributed by atoms with Gasteiger partial charge in [0.05, 0.1) is 10.7 Å². The molecule has 0 unspecified atom stereocenters. The van der Waals surface area contributed by atoms with Crippen LogP contribution in [0, 0.1) is 0 Å². The lowest BCUT2D eigenvalue weighted by Gasteiger charge is -2.33. The summed E-state index contributed by atoms with van der Waals surface area (Å²) < 4.78 is 0. The molecular formula is C15H23ClN2. The van der Waals surface area contributed by atoms with E-state index in [2.05, 4.69) is 24.1 Å². The van der Waals surface area contributed by atoms with Gasteiger partial charge in [-0.3, -0.25) is 0 Å². The lowest BCUT2D eigenvalue weighted by Crippen LogP contribution is -2.33. The topological polar surface area (TPSA) is 29.3 Å². The quantitative estimate of drug-likeness (QED) is 0.891. The molecule has 0 aromatic heterocycles. The fraction of sp³-hybridized carbons (Fsp3) is 0.600. The average Bonchev–Trinajstić information content (AvgIpc) is 2.38. The molecule has 1 aliphatic carbocycles. The predicted octanol–water partition coefficient (Wildman–Crippen LogP) is 4.13. The van der Waals surface area contributed by atoms with Crippen molar-refractivity contribution in [2.45, 2.75) is 51.1 Å². The maximum absolute atomic E-state index is 6.39. The molecule has 1 fully saturated rings. The molecule has 1 aliphatic rings. The van der Waals surface area contributed by atoms with E-state index in [4.69, 9.17) is 17.3 Å². The molecule has 1 aromatic carbocycles. The van der Waals surface area contributed by atoms with Crippen molar-refractivity contribution in [1.29, 1.82) is 0 Å². The number of nitrogens with zero attached hydrogens (tertiary/aromatic N) is 1.